The van der Waals surface area contributed by atoms with Crippen LogP contribution in [0.4, 0.5) is 0 Å². The summed E-state index contributed by atoms with van der Waals surface area (Å²) in [5.74, 6) is 0. The third-order valence-corrected chi connectivity index (χ3v) is 3.79. The Morgan fingerprint density at radius 1 is 1.08 bits per heavy atom. The maximum absolute atomic E-state index is 10.6. The van der Waals surface area contributed by atoms with E-state index in [9.17, 15) is 8.76 Å². The molecule has 0 aromatic heterocycles. The second-order valence-corrected chi connectivity index (χ2v) is 4.48. The Hall–Kier alpha value is 0.490. The summed E-state index contributed by atoms with van der Waals surface area (Å²) >= 11 is 19.9. The zero-order valence-corrected chi connectivity index (χ0v) is 9.65. The van der Waals surface area contributed by atoms with E-state index < -0.39 is 11.1 Å². The van der Waals surface area contributed by atoms with Crippen molar-refractivity contribution in [2.24, 2.45) is 0 Å². The van der Waals surface area contributed by atoms with Crippen molar-refractivity contribution >= 4 is 57.5 Å². The minimum absolute atomic E-state index is 0.0440. The summed E-state index contributed by atoms with van der Waals surface area (Å²) in [4.78, 5) is -0.166. The number of hydrogen-bond donors (Lipinski definition) is 0. The smallest absolute Gasteiger partial charge is 0.0805 e. The highest BCUT2D eigenvalue weighted by Crippen LogP contribution is 2.39. The molecule has 7 heteroatoms. The van der Waals surface area contributed by atoms with Crippen LogP contribution in [-0.2, 0) is 11.1 Å². The van der Waals surface area contributed by atoms with Crippen molar-refractivity contribution in [2.45, 2.75) is 4.90 Å². The molecule has 1 aromatic carbocycles. The van der Waals surface area contributed by atoms with Crippen LogP contribution in [0.3, 0.4) is 0 Å². The van der Waals surface area contributed by atoms with Crippen LogP contribution in [0.1, 0.15) is 0 Å². The fraction of sp³-hybridized carbons (Fsp3) is 0. The number of rotatable bonds is 1. The van der Waals surface area contributed by atoms with Crippen LogP contribution < -0.4 is 0 Å². The van der Waals surface area contributed by atoms with Gasteiger partial charge >= 0.3 is 0 Å². The van der Waals surface area contributed by atoms with Crippen molar-refractivity contribution in [1.29, 1.82) is 0 Å². The predicted molar refractivity (Wildman–Crippen MR) is 53.7 cm³/mol. The fourth-order valence-corrected chi connectivity index (χ4v) is 2.25. The molecule has 0 N–H and O–H groups in total. The van der Waals surface area contributed by atoms with Gasteiger partial charge < -0.3 is 4.55 Å². The van der Waals surface area contributed by atoms with Gasteiger partial charge in [0.15, 0.2) is 0 Å². The molecule has 1 unspecified atom stereocenters. The molecule has 0 fully saturated rings. The summed E-state index contributed by atoms with van der Waals surface area (Å²) < 4.78 is 21.2. The summed E-state index contributed by atoms with van der Waals surface area (Å²) in [6, 6.07) is 1.14. The van der Waals surface area contributed by atoms with Gasteiger partial charge in [0.05, 0.1) is 20.1 Å². The quantitative estimate of drug-likeness (QED) is 0.448. The zero-order chi connectivity index (χ0) is 10.2. The third kappa shape index (κ3) is 2.29. The molecule has 0 aliphatic rings. The Balaban J connectivity index is 3.50. The number of hydrogen-bond acceptors (Lipinski definition) is 2. The molecule has 0 saturated carbocycles. The van der Waals surface area contributed by atoms with Crippen LogP contribution in [0.2, 0.25) is 20.1 Å². The highest BCUT2D eigenvalue weighted by atomic mass is 35.5. The van der Waals surface area contributed by atoms with Crippen molar-refractivity contribution in [3.8, 4) is 0 Å². The molecule has 0 aliphatic heterocycles. The topological polar surface area (TPSA) is 40.1 Å². The Morgan fingerprint density at radius 2 is 1.62 bits per heavy atom. The van der Waals surface area contributed by atoms with Gasteiger partial charge in [-0.05, 0) is 17.1 Å². The van der Waals surface area contributed by atoms with Gasteiger partial charge in [0.1, 0.15) is 0 Å². The van der Waals surface area contributed by atoms with Crippen molar-refractivity contribution in [2.75, 3.05) is 0 Å². The molecule has 0 amide bonds. The van der Waals surface area contributed by atoms with Crippen LogP contribution in [0.25, 0.3) is 0 Å². The molecular formula is C6HCl4O2S-. The molecule has 0 spiro atoms. The summed E-state index contributed by atoms with van der Waals surface area (Å²) in [7, 11) is 0. The van der Waals surface area contributed by atoms with E-state index in [-0.39, 0.29) is 25.0 Å². The minimum Gasteiger partial charge on any atom is -0.768 e. The van der Waals surface area contributed by atoms with E-state index in [4.69, 9.17) is 46.4 Å². The largest absolute Gasteiger partial charge is 0.768 e. The first-order valence-electron chi connectivity index (χ1n) is 2.87. The molecular weight excluding hydrogens is 278 g/mol. The summed E-state index contributed by atoms with van der Waals surface area (Å²) in [5.41, 5.74) is 0. The maximum atomic E-state index is 10.6. The van der Waals surface area contributed by atoms with Crippen molar-refractivity contribution in [3.63, 3.8) is 0 Å². The molecule has 1 aromatic rings. The van der Waals surface area contributed by atoms with E-state index in [1.54, 1.807) is 0 Å². The normalized spacial score (nSPS) is 13.0. The van der Waals surface area contributed by atoms with Gasteiger partial charge in [0, 0.05) is 4.90 Å². The molecule has 0 bridgehead atoms. The highest BCUT2D eigenvalue weighted by molar-refractivity contribution is 7.79. The van der Waals surface area contributed by atoms with E-state index in [2.05, 4.69) is 0 Å². The number of halogens is 4. The molecule has 0 radical (unpaired) electrons. The molecule has 72 valence electrons. The first kappa shape index (κ1) is 11.6. The van der Waals surface area contributed by atoms with E-state index in [0.717, 1.165) is 6.07 Å². The Kier molecular flexibility index (Phi) is 3.86. The SMILES string of the molecule is O=S([O-])c1cc(Cl)c(Cl)c(Cl)c1Cl. The fourth-order valence-electron chi connectivity index (χ4n) is 0.672. The monoisotopic (exact) mass is 277 g/mol. The second kappa shape index (κ2) is 4.34. The summed E-state index contributed by atoms with van der Waals surface area (Å²) in [6.45, 7) is 0. The van der Waals surface area contributed by atoms with Gasteiger partial charge in [-0.2, -0.15) is 0 Å². The predicted octanol–water partition coefficient (Wildman–Crippen LogP) is 3.54. The Bertz CT molecular complexity index is 379. The highest BCUT2D eigenvalue weighted by Gasteiger charge is 2.13. The van der Waals surface area contributed by atoms with E-state index in [1.165, 1.54) is 0 Å². The Labute approximate surface area is 97.0 Å². The molecule has 2 nitrogen and oxygen atoms in total. The van der Waals surface area contributed by atoms with Gasteiger partial charge in [-0.1, -0.05) is 46.4 Å². The molecule has 0 aliphatic carbocycles. The van der Waals surface area contributed by atoms with Crippen LogP contribution in [0, 0.1) is 0 Å². The van der Waals surface area contributed by atoms with Crippen LogP contribution >= 0.6 is 46.4 Å². The average Bonchev–Trinajstić information content (AvgIpc) is 2.07. The van der Waals surface area contributed by atoms with Crippen molar-refractivity contribution in [1.82, 2.24) is 0 Å². The lowest BCUT2D eigenvalue weighted by atomic mass is 10.3. The van der Waals surface area contributed by atoms with Gasteiger partial charge in [0.2, 0.25) is 0 Å². The van der Waals surface area contributed by atoms with E-state index in [0.29, 0.717) is 0 Å². The first-order valence-corrected chi connectivity index (χ1v) is 5.46. The lowest BCUT2D eigenvalue weighted by Gasteiger charge is -2.10. The van der Waals surface area contributed by atoms with E-state index >= 15 is 0 Å². The number of benzene rings is 1. The van der Waals surface area contributed by atoms with Crippen LogP contribution in [0.15, 0.2) is 11.0 Å². The lowest BCUT2D eigenvalue weighted by molar-refractivity contribution is 0.537. The third-order valence-electron chi connectivity index (χ3n) is 1.25. The van der Waals surface area contributed by atoms with Gasteiger partial charge in [-0.15, -0.1) is 0 Å². The molecule has 1 atom stereocenters. The summed E-state index contributed by atoms with van der Waals surface area (Å²) in [5, 5.41) is -0.0859. The minimum atomic E-state index is -2.48. The molecule has 1 rings (SSSR count). The van der Waals surface area contributed by atoms with Crippen molar-refractivity contribution in [3.05, 3.63) is 26.2 Å². The van der Waals surface area contributed by atoms with Gasteiger partial charge in [0.25, 0.3) is 0 Å². The Morgan fingerprint density at radius 3 is 2.08 bits per heavy atom. The first-order chi connectivity index (χ1) is 5.95. The zero-order valence-electron chi connectivity index (χ0n) is 5.81. The average molecular weight is 279 g/mol. The van der Waals surface area contributed by atoms with Crippen LogP contribution in [-0.4, -0.2) is 8.76 Å². The van der Waals surface area contributed by atoms with Gasteiger partial charge in [-0.25, -0.2) is 0 Å². The van der Waals surface area contributed by atoms with Crippen LogP contribution in [0.5, 0.6) is 0 Å². The standard InChI is InChI=1S/C6H2Cl4O2S/c7-2-1-3(13(11)12)5(9)6(10)4(2)8/h1H,(H,11,12)/p-1. The maximum Gasteiger partial charge on any atom is 0.0805 e. The molecule has 0 saturated heterocycles. The molecule has 0 heterocycles. The second-order valence-electron chi connectivity index (χ2n) is 2.03. The summed E-state index contributed by atoms with van der Waals surface area (Å²) in [6.07, 6.45) is 0. The van der Waals surface area contributed by atoms with E-state index in [1.807, 2.05) is 0 Å². The lowest BCUT2D eigenvalue weighted by Crippen LogP contribution is -1.91. The van der Waals surface area contributed by atoms with Crippen molar-refractivity contribution < 1.29 is 8.76 Å². The van der Waals surface area contributed by atoms with Gasteiger partial charge in [-0.3, -0.25) is 4.21 Å². The molecule has 13 heavy (non-hydrogen) atoms.